The molecule has 19 heavy (non-hydrogen) atoms. The zero-order valence-electron chi connectivity index (χ0n) is 10.8. The highest BCUT2D eigenvalue weighted by molar-refractivity contribution is 9.11. The van der Waals surface area contributed by atoms with Crippen LogP contribution in [-0.2, 0) is 10.0 Å². The highest BCUT2D eigenvalue weighted by Crippen LogP contribution is 2.29. The van der Waals surface area contributed by atoms with Gasteiger partial charge in [-0.15, -0.1) is 0 Å². The number of benzene rings is 1. The zero-order chi connectivity index (χ0) is 14.6. The van der Waals surface area contributed by atoms with Gasteiger partial charge < -0.3 is 5.11 Å². The fraction of sp³-hybridized carbons (Fsp3) is 0.500. The molecule has 4 nitrogen and oxygen atoms in total. The molecule has 0 aliphatic rings. The first kappa shape index (κ1) is 17.1. The molecule has 0 aromatic heterocycles. The fourth-order valence-electron chi connectivity index (χ4n) is 1.62. The van der Waals surface area contributed by atoms with Crippen molar-refractivity contribution in [3.63, 3.8) is 0 Å². The molecular weight excluding hydrogens is 398 g/mol. The lowest BCUT2D eigenvalue weighted by Gasteiger charge is -2.17. The van der Waals surface area contributed by atoms with Crippen molar-refractivity contribution in [1.29, 1.82) is 0 Å². The predicted molar refractivity (Wildman–Crippen MR) is 82.7 cm³/mol. The van der Waals surface area contributed by atoms with Crippen LogP contribution in [0.4, 0.5) is 0 Å². The Kier molecular flexibility index (Phi) is 6.46. The molecule has 0 saturated heterocycles. The van der Waals surface area contributed by atoms with Gasteiger partial charge in [0.25, 0.3) is 0 Å². The van der Waals surface area contributed by atoms with Crippen molar-refractivity contribution in [2.24, 2.45) is 0 Å². The van der Waals surface area contributed by atoms with Gasteiger partial charge in [0.2, 0.25) is 10.0 Å². The first-order valence-corrected chi connectivity index (χ1v) is 8.97. The van der Waals surface area contributed by atoms with Gasteiger partial charge in [-0.05, 0) is 53.4 Å². The molecule has 1 rings (SSSR count). The largest absolute Gasteiger partial charge is 0.396 e. The van der Waals surface area contributed by atoms with Crippen LogP contribution in [0.15, 0.2) is 26.0 Å². The number of aliphatic hydroxyl groups is 1. The van der Waals surface area contributed by atoms with E-state index in [0.29, 0.717) is 17.3 Å². The molecule has 0 heterocycles. The molecule has 1 atom stereocenters. The first-order valence-electron chi connectivity index (χ1n) is 5.90. The summed E-state index contributed by atoms with van der Waals surface area (Å²) in [5, 5.41) is 8.92. The molecular formula is C12H17Br2NO3S. The number of sulfonamides is 1. The smallest absolute Gasteiger partial charge is 0.241 e. The Morgan fingerprint density at radius 2 is 1.95 bits per heavy atom. The maximum atomic E-state index is 12.3. The number of aliphatic hydroxyl groups excluding tert-OH is 1. The monoisotopic (exact) mass is 413 g/mol. The quantitative estimate of drug-likeness (QED) is 0.751. The van der Waals surface area contributed by atoms with Gasteiger partial charge in [0.1, 0.15) is 0 Å². The zero-order valence-corrected chi connectivity index (χ0v) is 14.8. The van der Waals surface area contributed by atoms with Crippen molar-refractivity contribution >= 4 is 41.9 Å². The molecule has 7 heteroatoms. The lowest BCUT2D eigenvalue weighted by molar-refractivity contribution is 0.270. The summed E-state index contributed by atoms with van der Waals surface area (Å²) in [5.74, 6) is 0. The van der Waals surface area contributed by atoms with E-state index in [2.05, 4.69) is 36.6 Å². The van der Waals surface area contributed by atoms with Crippen molar-refractivity contribution in [1.82, 2.24) is 4.72 Å². The van der Waals surface area contributed by atoms with Crippen molar-refractivity contribution in [3.8, 4) is 0 Å². The number of nitrogens with one attached hydrogen (secondary N) is 1. The van der Waals surface area contributed by atoms with Crippen LogP contribution in [0.5, 0.6) is 0 Å². The molecule has 108 valence electrons. The molecule has 0 bridgehead atoms. The Bertz CT molecular complexity index is 546. The highest BCUT2D eigenvalue weighted by atomic mass is 79.9. The van der Waals surface area contributed by atoms with E-state index in [1.165, 1.54) is 0 Å². The summed E-state index contributed by atoms with van der Waals surface area (Å²) in [6, 6.07) is 3.07. The number of halogens is 2. The van der Waals surface area contributed by atoms with E-state index in [1.807, 2.05) is 13.8 Å². The van der Waals surface area contributed by atoms with E-state index in [1.54, 1.807) is 12.1 Å². The van der Waals surface area contributed by atoms with Crippen molar-refractivity contribution < 1.29 is 13.5 Å². The van der Waals surface area contributed by atoms with Gasteiger partial charge in [-0.2, -0.15) is 0 Å². The van der Waals surface area contributed by atoms with E-state index < -0.39 is 10.0 Å². The third-order valence-corrected chi connectivity index (χ3v) is 6.13. The van der Waals surface area contributed by atoms with E-state index in [4.69, 9.17) is 5.11 Å². The first-order chi connectivity index (χ1) is 8.81. The molecule has 0 saturated carbocycles. The van der Waals surface area contributed by atoms with Crippen LogP contribution in [-0.4, -0.2) is 26.2 Å². The van der Waals surface area contributed by atoms with Gasteiger partial charge in [-0.25, -0.2) is 13.1 Å². The number of hydrogen-bond donors (Lipinski definition) is 2. The summed E-state index contributed by atoms with van der Waals surface area (Å²) in [7, 11) is -3.60. The van der Waals surface area contributed by atoms with Gasteiger partial charge >= 0.3 is 0 Å². The Hall–Kier alpha value is 0.0500. The predicted octanol–water partition coefficient (Wildman–Crippen LogP) is 2.96. The number of aryl methyl sites for hydroxylation is 1. The van der Waals surface area contributed by atoms with Crippen LogP contribution in [0.3, 0.4) is 0 Å². The molecule has 0 amide bonds. The van der Waals surface area contributed by atoms with Crippen LogP contribution in [0, 0.1) is 6.92 Å². The van der Waals surface area contributed by atoms with Crippen LogP contribution in [0.1, 0.15) is 25.3 Å². The minimum absolute atomic E-state index is 0.0419. The van der Waals surface area contributed by atoms with Gasteiger partial charge in [-0.3, -0.25) is 0 Å². The van der Waals surface area contributed by atoms with E-state index in [0.717, 1.165) is 10.0 Å². The van der Waals surface area contributed by atoms with Crippen molar-refractivity contribution in [2.45, 2.75) is 37.6 Å². The van der Waals surface area contributed by atoms with Gasteiger partial charge in [-0.1, -0.05) is 22.9 Å². The van der Waals surface area contributed by atoms with E-state index >= 15 is 0 Å². The standard InChI is InChI=1S/C12H17Br2NO3S/c1-3-9(4-5-16)15-19(17,18)12-7-10(13)8(2)6-11(12)14/h6-7,9,15-16H,3-5H2,1-2H3. The summed E-state index contributed by atoms with van der Waals surface area (Å²) in [4.78, 5) is 0.196. The average molecular weight is 415 g/mol. The lowest BCUT2D eigenvalue weighted by Crippen LogP contribution is -2.35. The molecule has 0 aliphatic heterocycles. The second-order valence-corrected chi connectivity index (χ2v) is 7.66. The highest BCUT2D eigenvalue weighted by Gasteiger charge is 2.22. The molecule has 0 aliphatic carbocycles. The third kappa shape index (κ3) is 4.53. The summed E-state index contributed by atoms with van der Waals surface area (Å²) < 4.78 is 28.5. The minimum Gasteiger partial charge on any atom is -0.396 e. The molecule has 1 aromatic rings. The summed E-state index contributed by atoms with van der Waals surface area (Å²) >= 11 is 6.61. The molecule has 0 radical (unpaired) electrons. The number of hydrogen-bond acceptors (Lipinski definition) is 3. The van der Waals surface area contributed by atoms with Gasteiger partial charge in [0, 0.05) is 21.6 Å². The normalized spacial score (nSPS) is 13.5. The Morgan fingerprint density at radius 3 is 2.47 bits per heavy atom. The van der Waals surface area contributed by atoms with E-state index in [9.17, 15) is 8.42 Å². The lowest BCUT2D eigenvalue weighted by atomic mass is 10.2. The molecule has 1 aromatic carbocycles. The molecule has 0 fully saturated rings. The second-order valence-electron chi connectivity index (χ2n) is 4.27. The van der Waals surface area contributed by atoms with E-state index in [-0.39, 0.29) is 17.5 Å². The topological polar surface area (TPSA) is 66.4 Å². The molecule has 0 spiro atoms. The summed E-state index contributed by atoms with van der Waals surface area (Å²) in [6.45, 7) is 3.72. The van der Waals surface area contributed by atoms with Gasteiger partial charge in [0.05, 0.1) is 4.90 Å². The third-order valence-electron chi connectivity index (χ3n) is 2.79. The molecule has 2 N–H and O–H groups in total. The summed E-state index contributed by atoms with van der Waals surface area (Å²) in [5.41, 5.74) is 0.952. The van der Waals surface area contributed by atoms with Crippen LogP contribution >= 0.6 is 31.9 Å². The van der Waals surface area contributed by atoms with Gasteiger partial charge in [0.15, 0.2) is 0 Å². The Labute approximate surface area is 130 Å². The maximum Gasteiger partial charge on any atom is 0.241 e. The number of rotatable bonds is 6. The van der Waals surface area contributed by atoms with Crippen LogP contribution in [0.25, 0.3) is 0 Å². The average Bonchev–Trinajstić information content (AvgIpc) is 2.32. The molecule has 1 unspecified atom stereocenters. The maximum absolute atomic E-state index is 12.3. The minimum atomic E-state index is -3.60. The second kappa shape index (κ2) is 7.17. The van der Waals surface area contributed by atoms with Crippen LogP contribution < -0.4 is 4.72 Å². The van der Waals surface area contributed by atoms with Crippen molar-refractivity contribution in [2.75, 3.05) is 6.61 Å². The SMILES string of the molecule is CCC(CCO)NS(=O)(=O)c1cc(Br)c(C)cc1Br. The van der Waals surface area contributed by atoms with Crippen LogP contribution in [0.2, 0.25) is 0 Å². The Morgan fingerprint density at radius 1 is 1.32 bits per heavy atom. The van der Waals surface area contributed by atoms with Crippen molar-refractivity contribution in [3.05, 3.63) is 26.6 Å². The fourth-order valence-corrected chi connectivity index (χ4v) is 4.65. The Balaban J connectivity index is 3.10. The summed E-state index contributed by atoms with van der Waals surface area (Å²) in [6.07, 6.45) is 1.03.